The van der Waals surface area contributed by atoms with Gasteiger partial charge in [0.05, 0.1) is 12.7 Å². The first-order valence-electron chi connectivity index (χ1n) is 6.47. The monoisotopic (exact) mass is 242 g/mol. The van der Waals surface area contributed by atoms with Crippen LogP contribution >= 0.6 is 0 Å². The Kier molecular flexibility index (Phi) is 2.82. The molecule has 1 atom stereocenters. The van der Waals surface area contributed by atoms with Crippen molar-refractivity contribution in [2.45, 2.75) is 26.3 Å². The number of fused-ring (bicyclic) bond motifs is 1. The van der Waals surface area contributed by atoms with Gasteiger partial charge in [-0.3, -0.25) is 0 Å². The van der Waals surface area contributed by atoms with Gasteiger partial charge in [-0.15, -0.1) is 0 Å². The second-order valence-corrected chi connectivity index (χ2v) is 5.03. The molecule has 3 nitrogen and oxygen atoms in total. The van der Waals surface area contributed by atoms with Crippen molar-refractivity contribution in [2.24, 2.45) is 5.92 Å². The van der Waals surface area contributed by atoms with Crippen molar-refractivity contribution < 1.29 is 4.74 Å². The van der Waals surface area contributed by atoms with Gasteiger partial charge in [0.2, 0.25) is 0 Å². The lowest BCUT2D eigenvalue weighted by atomic mass is 10.00. The van der Waals surface area contributed by atoms with Crippen LogP contribution in [0.4, 0.5) is 0 Å². The fourth-order valence-electron chi connectivity index (χ4n) is 2.66. The van der Waals surface area contributed by atoms with E-state index in [1.807, 2.05) is 24.4 Å². The normalized spacial score (nSPS) is 18.4. The first-order chi connectivity index (χ1) is 8.79. The fraction of sp³-hybridized carbons (Fsp3) is 0.400. The SMILES string of the molecule is COc1ccccc1-c1ncc2n1CC(C)CC2. The number of benzene rings is 1. The highest BCUT2D eigenvalue weighted by atomic mass is 16.5. The quantitative estimate of drug-likeness (QED) is 0.809. The van der Waals surface area contributed by atoms with Crippen molar-refractivity contribution in [3.05, 3.63) is 36.2 Å². The molecule has 94 valence electrons. The molecule has 0 amide bonds. The highest BCUT2D eigenvalue weighted by molar-refractivity contribution is 5.65. The van der Waals surface area contributed by atoms with E-state index in [9.17, 15) is 0 Å². The summed E-state index contributed by atoms with van der Waals surface area (Å²) in [4.78, 5) is 4.59. The third-order valence-electron chi connectivity index (χ3n) is 3.67. The molecule has 0 bridgehead atoms. The minimum absolute atomic E-state index is 0.722. The molecule has 2 heterocycles. The first kappa shape index (κ1) is 11.3. The van der Waals surface area contributed by atoms with Crippen LogP contribution in [0.5, 0.6) is 5.75 Å². The molecule has 18 heavy (non-hydrogen) atoms. The summed E-state index contributed by atoms with van der Waals surface area (Å²) in [6.45, 7) is 3.36. The van der Waals surface area contributed by atoms with E-state index < -0.39 is 0 Å². The zero-order valence-corrected chi connectivity index (χ0v) is 10.9. The smallest absolute Gasteiger partial charge is 0.143 e. The number of aryl methyl sites for hydroxylation is 1. The predicted octanol–water partition coefficient (Wildman–Crippen LogP) is 3.14. The average molecular weight is 242 g/mol. The van der Waals surface area contributed by atoms with Crippen molar-refractivity contribution in [1.29, 1.82) is 0 Å². The van der Waals surface area contributed by atoms with E-state index in [0.29, 0.717) is 0 Å². The van der Waals surface area contributed by atoms with E-state index in [-0.39, 0.29) is 0 Å². The van der Waals surface area contributed by atoms with Crippen LogP contribution in [0.25, 0.3) is 11.4 Å². The molecule has 1 unspecified atom stereocenters. The van der Waals surface area contributed by atoms with Gasteiger partial charge in [-0.1, -0.05) is 19.1 Å². The second-order valence-electron chi connectivity index (χ2n) is 5.03. The number of methoxy groups -OCH3 is 1. The van der Waals surface area contributed by atoms with Gasteiger partial charge in [-0.25, -0.2) is 4.98 Å². The Morgan fingerprint density at radius 3 is 3.00 bits per heavy atom. The third-order valence-corrected chi connectivity index (χ3v) is 3.67. The van der Waals surface area contributed by atoms with Crippen LogP contribution in [0.2, 0.25) is 0 Å². The molecule has 1 aliphatic heterocycles. The summed E-state index contributed by atoms with van der Waals surface area (Å²) in [7, 11) is 1.71. The van der Waals surface area contributed by atoms with Gasteiger partial charge >= 0.3 is 0 Å². The summed E-state index contributed by atoms with van der Waals surface area (Å²) < 4.78 is 7.77. The Morgan fingerprint density at radius 1 is 1.33 bits per heavy atom. The van der Waals surface area contributed by atoms with Crippen molar-refractivity contribution >= 4 is 0 Å². The van der Waals surface area contributed by atoms with Gasteiger partial charge in [0.15, 0.2) is 0 Å². The summed E-state index contributed by atoms with van der Waals surface area (Å²) >= 11 is 0. The molecule has 0 saturated carbocycles. The van der Waals surface area contributed by atoms with Gasteiger partial charge in [0.1, 0.15) is 11.6 Å². The Morgan fingerprint density at radius 2 is 2.17 bits per heavy atom. The number of ether oxygens (including phenoxy) is 1. The van der Waals surface area contributed by atoms with E-state index >= 15 is 0 Å². The zero-order chi connectivity index (χ0) is 12.5. The summed E-state index contributed by atoms with van der Waals surface area (Å²) in [5, 5.41) is 0. The largest absolute Gasteiger partial charge is 0.496 e. The van der Waals surface area contributed by atoms with E-state index in [4.69, 9.17) is 4.74 Å². The lowest BCUT2D eigenvalue weighted by molar-refractivity contribution is 0.399. The molecular formula is C15H18N2O. The molecule has 1 aliphatic rings. The average Bonchev–Trinajstić information content (AvgIpc) is 2.81. The number of rotatable bonds is 2. The maximum atomic E-state index is 5.43. The number of imidazole rings is 1. The van der Waals surface area contributed by atoms with Gasteiger partial charge in [-0.05, 0) is 30.9 Å². The van der Waals surface area contributed by atoms with E-state index in [1.165, 1.54) is 12.1 Å². The Hall–Kier alpha value is -1.77. The number of hydrogen-bond donors (Lipinski definition) is 0. The van der Waals surface area contributed by atoms with Crippen LogP contribution in [-0.2, 0) is 13.0 Å². The predicted molar refractivity (Wildman–Crippen MR) is 71.7 cm³/mol. The van der Waals surface area contributed by atoms with Crippen LogP contribution < -0.4 is 4.74 Å². The molecule has 0 spiro atoms. The molecule has 3 heteroatoms. The third kappa shape index (κ3) is 1.80. The van der Waals surface area contributed by atoms with E-state index in [0.717, 1.165) is 36.0 Å². The van der Waals surface area contributed by atoms with Crippen LogP contribution in [-0.4, -0.2) is 16.7 Å². The van der Waals surface area contributed by atoms with Crippen molar-refractivity contribution in [2.75, 3.05) is 7.11 Å². The van der Waals surface area contributed by atoms with E-state index in [1.54, 1.807) is 7.11 Å². The summed E-state index contributed by atoms with van der Waals surface area (Å²) in [6.07, 6.45) is 4.40. The van der Waals surface area contributed by atoms with Gasteiger partial charge < -0.3 is 9.30 Å². The molecule has 3 rings (SSSR count). The molecule has 0 N–H and O–H groups in total. The molecule has 0 saturated heterocycles. The minimum Gasteiger partial charge on any atom is -0.496 e. The van der Waals surface area contributed by atoms with Gasteiger partial charge in [0.25, 0.3) is 0 Å². The highest BCUT2D eigenvalue weighted by Crippen LogP contribution is 2.32. The maximum absolute atomic E-state index is 5.43. The second kappa shape index (κ2) is 4.48. The Balaban J connectivity index is 2.10. The van der Waals surface area contributed by atoms with Crippen LogP contribution in [0.15, 0.2) is 30.5 Å². The fourth-order valence-corrected chi connectivity index (χ4v) is 2.66. The summed E-state index contributed by atoms with van der Waals surface area (Å²) in [6, 6.07) is 8.09. The molecule has 1 aromatic carbocycles. The Bertz CT molecular complexity index is 559. The number of hydrogen-bond acceptors (Lipinski definition) is 2. The van der Waals surface area contributed by atoms with Crippen LogP contribution in [0.3, 0.4) is 0 Å². The molecule has 0 aliphatic carbocycles. The maximum Gasteiger partial charge on any atom is 0.143 e. The first-order valence-corrected chi connectivity index (χ1v) is 6.47. The summed E-state index contributed by atoms with van der Waals surface area (Å²) in [5.74, 6) is 2.65. The Labute approximate surface area is 107 Å². The van der Waals surface area contributed by atoms with Crippen molar-refractivity contribution in [3.8, 4) is 17.1 Å². The number of aromatic nitrogens is 2. The zero-order valence-electron chi connectivity index (χ0n) is 10.9. The molecule has 0 fully saturated rings. The lowest BCUT2D eigenvalue weighted by Gasteiger charge is -2.22. The van der Waals surface area contributed by atoms with Crippen LogP contribution in [0, 0.1) is 5.92 Å². The molecular weight excluding hydrogens is 224 g/mol. The van der Waals surface area contributed by atoms with Gasteiger partial charge in [-0.2, -0.15) is 0 Å². The minimum atomic E-state index is 0.722. The summed E-state index contributed by atoms with van der Waals surface area (Å²) in [5.41, 5.74) is 2.43. The molecule has 0 radical (unpaired) electrons. The molecule has 1 aromatic heterocycles. The van der Waals surface area contributed by atoms with E-state index in [2.05, 4.69) is 22.5 Å². The van der Waals surface area contributed by atoms with Crippen LogP contribution in [0.1, 0.15) is 19.0 Å². The van der Waals surface area contributed by atoms with Crippen molar-refractivity contribution in [3.63, 3.8) is 0 Å². The topological polar surface area (TPSA) is 27.1 Å². The number of nitrogens with zero attached hydrogens (tertiary/aromatic N) is 2. The number of para-hydroxylation sites is 1. The lowest BCUT2D eigenvalue weighted by Crippen LogP contribution is -2.18. The molecule has 2 aromatic rings. The van der Waals surface area contributed by atoms with Gasteiger partial charge in [0, 0.05) is 18.4 Å². The highest BCUT2D eigenvalue weighted by Gasteiger charge is 2.20. The standard InChI is InChI=1S/C15H18N2O/c1-11-7-8-12-9-16-15(17(12)10-11)13-5-3-4-6-14(13)18-2/h3-6,9,11H,7-8,10H2,1-2H3. The van der Waals surface area contributed by atoms with Crippen molar-refractivity contribution in [1.82, 2.24) is 9.55 Å².